The van der Waals surface area contributed by atoms with Crippen LogP contribution in [0.4, 0.5) is 0 Å². The molecule has 0 spiro atoms. The van der Waals surface area contributed by atoms with E-state index in [1.165, 1.54) is 0 Å². The second kappa shape index (κ2) is 11.6. The predicted octanol–water partition coefficient (Wildman–Crippen LogP) is 2.95. The second-order valence-corrected chi connectivity index (χ2v) is 12.7. The Kier molecular flexibility index (Phi) is 11.5. The zero-order valence-corrected chi connectivity index (χ0v) is 19.6. The molecule has 0 saturated heterocycles. The molecule has 0 aromatic carbocycles. The standard InChI is InChI=1S/C17H41N3O2Si2/c1-10-18(11-2)24(19(12-3)13-4,20(14-5)15-6)17-16-23(9,21-7)22-8/h16-17H,10-15H2,1-9H3. The van der Waals surface area contributed by atoms with Gasteiger partial charge in [-0.15, -0.1) is 0 Å². The van der Waals surface area contributed by atoms with Crippen LogP contribution in [0.2, 0.25) is 6.55 Å². The first-order valence-electron chi connectivity index (χ1n) is 9.45. The molecule has 0 aliphatic carbocycles. The highest BCUT2D eigenvalue weighted by atomic mass is 28.4. The van der Waals surface area contributed by atoms with Gasteiger partial charge in [-0.05, 0) is 51.5 Å². The zero-order valence-electron chi connectivity index (χ0n) is 17.6. The van der Waals surface area contributed by atoms with E-state index < -0.39 is 17.1 Å². The van der Waals surface area contributed by atoms with Gasteiger partial charge in [0.2, 0.25) is 0 Å². The van der Waals surface area contributed by atoms with Gasteiger partial charge in [-0.25, -0.2) is 0 Å². The number of hydrogen-bond donors (Lipinski definition) is 0. The molecule has 0 atom stereocenters. The highest BCUT2D eigenvalue weighted by Gasteiger charge is 2.47. The van der Waals surface area contributed by atoms with Crippen LogP contribution in [-0.4, -0.2) is 84.3 Å². The van der Waals surface area contributed by atoms with E-state index in [0.717, 1.165) is 39.3 Å². The minimum Gasteiger partial charge on any atom is -0.395 e. The Balaban J connectivity index is 6.31. The van der Waals surface area contributed by atoms with Crippen molar-refractivity contribution in [3.05, 3.63) is 11.4 Å². The van der Waals surface area contributed by atoms with Gasteiger partial charge in [-0.3, -0.25) is 13.7 Å². The first kappa shape index (κ1) is 24.0. The van der Waals surface area contributed by atoms with Crippen molar-refractivity contribution in [2.24, 2.45) is 0 Å². The highest BCUT2D eigenvalue weighted by molar-refractivity contribution is 6.80. The van der Waals surface area contributed by atoms with Crippen molar-refractivity contribution in [2.45, 2.75) is 48.1 Å². The molecule has 7 heteroatoms. The predicted molar refractivity (Wildman–Crippen MR) is 109 cm³/mol. The van der Waals surface area contributed by atoms with Crippen molar-refractivity contribution in [1.29, 1.82) is 0 Å². The average molecular weight is 376 g/mol. The van der Waals surface area contributed by atoms with Gasteiger partial charge < -0.3 is 8.85 Å². The van der Waals surface area contributed by atoms with Crippen molar-refractivity contribution in [3.63, 3.8) is 0 Å². The summed E-state index contributed by atoms with van der Waals surface area (Å²) in [7, 11) is -0.860. The number of rotatable bonds is 13. The molecular weight excluding hydrogens is 334 g/mol. The third-order valence-electron chi connectivity index (χ3n) is 5.11. The van der Waals surface area contributed by atoms with E-state index in [-0.39, 0.29) is 0 Å². The van der Waals surface area contributed by atoms with Crippen LogP contribution in [0.25, 0.3) is 0 Å². The fourth-order valence-electron chi connectivity index (χ4n) is 3.47. The van der Waals surface area contributed by atoms with E-state index >= 15 is 0 Å². The van der Waals surface area contributed by atoms with Crippen LogP contribution in [0.3, 0.4) is 0 Å². The summed E-state index contributed by atoms with van der Waals surface area (Å²) >= 11 is 0. The molecular formula is C17H41N3O2Si2. The van der Waals surface area contributed by atoms with E-state index in [4.69, 9.17) is 8.85 Å². The monoisotopic (exact) mass is 375 g/mol. The van der Waals surface area contributed by atoms with Crippen LogP contribution < -0.4 is 0 Å². The lowest BCUT2D eigenvalue weighted by atomic mass is 10.6. The van der Waals surface area contributed by atoms with Gasteiger partial charge in [0.1, 0.15) is 0 Å². The largest absolute Gasteiger partial charge is 0.395 e. The Morgan fingerprint density at radius 1 is 0.625 bits per heavy atom. The fourth-order valence-corrected chi connectivity index (χ4v) is 10.6. The Bertz CT molecular complexity index is 322. The molecule has 0 aliphatic heterocycles. The summed E-state index contributed by atoms with van der Waals surface area (Å²) in [4.78, 5) is 0. The molecule has 0 aromatic heterocycles. The SMILES string of the molecule is CCN(CC)[Si](C=C[Si](C)(OC)OC)(N(CC)CC)N(CC)CC. The van der Waals surface area contributed by atoms with Crippen molar-refractivity contribution < 1.29 is 8.85 Å². The van der Waals surface area contributed by atoms with Gasteiger partial charge in [0.25, 0.3) is 0 Å². The smallest absolute Gasteiger partial charge is 0.360 e. The van der Waals surface area contributed by atoms with Crippen molar-refractivity contribution >= 4 is 17.1 Å². The summed E-state index contributed by atoms with van der Waals surface area (Å²) in [5.41, 5.74) is 4.73. The Morgan fingerprint density at radius 2 is 0.917 bits per heavy atom. The lowest BCUT2D eigenvalue weighted by molar-refractivity contribution is 0.262. The van der Waals surface area contributed by atoms with Gasteiger partial charge in [-0.1, -0.05) is 47.2 Å². The number of nitrogens with zero attached hydrogens (tertiary/aromatic N) is 3. The van der Waals surface area contributed by atoms with Crippen LogP contribution in [-0.2, 0) is 8.85 Å². The van der Waals surface area contributed by atoms with E-state index in [1.807, 2.05) is 0 Å². The van der Waals surface area contributed by atoms with E-state index in [9.17, 15) is 0 Å². The third-order valence-corrected chi connectivity index (χ3v) is 13.1. The van der Waals surface area contributed by atoms with E-state index in [2.05, 4.69) is 73.2 Å². The van der Waals surface area contributed by atoms with Crippen molar-refractivity contribution in [2.75, 3.05) is 53.5 Å². The molecule has 0 fully saturated rings. The molecule has 5 nitrogen and oxygen atoms in total. The minimum atomic E-state index is -2.25. The second-order valence-electron chi connectivity index (χ2n) is 5.96. The zero-order chi connectivity index (χ0) is 18.8. The van der Waals surface area contributed by atoms with Gasteiger partial charge in [-0.2, -0.15) is 0 Å². The highest BCUT2D eigenvalue weighted by Crippen LogP contribution is 2.24. The third kappa shape index (κ3) is 5.23. The molecule has 0 heterocycles. The molecule has 144 valence electrons. The summed E-state index contributed by atoms with van der Waals surface area (Å²) in [6.45, 7) is 22.1. The first-order valence-corrected chi connectivity index (χ1v) is 13.8. The van der Waals surface area contributed by atoms with Crippen LogP contribution in [0.5, 0.6) is 0 Å². The fraction of sp³-hybridized carbons (Fsp3) is 0.882. The molecule has 24 heavy (non-hydrogen) atoms. The molecule has 0 radical (unpaired) electrons. The number of hydrogen-bond acceptors (Lipinski definition) is 5. The molecule has 0 bridgehead atoms. The first-order chi connectivity index (χ1) is 11.4. The van der Waals surface area contributed by atoms with Gasteiger partial charge in [0.05, 0.1) is 0 Å². The van der Waals surface area contributed by atoms with Gasteiger partial charge >= 0.3 is 17.1 Å². The maximum atomic E-state index is 5.72. The summed E-state index contributed by atoms with van der Waals surface area (Å²) in [6, 6.07) is 0. The maximum Gasteiger partial charge on any atom is 0.360 e. The Labute approximate surface area is 153 Å². The van der Waals surface area contributed by atoms with E-state index in [0.29, 0.717) is 0 Å². The molecule has 0 unspecified atom stereocenters. The van der Waals surface area contributed by atoms with Crippen molar-refractivity contribution in [3.8, 4) is 0 Å². The van der Waals surface area contributed by atoms with Crippen LogP contribution in [0, 0.1) is 0 Å². The molecule has 0 saturated carbocycles. The van der Waals surface area contributed by atoms with Gasteiger partial charge in [0.15, 0.2) is 0 Å². The summed E-state index contributed by atoms with van der Waals surface area (Å²) in [6.07, 6.45) is 0. The summed E-state index contributed by atoms with van der Waals surface area (Å²) in [5, 5.41) is 0. The van der Waals surface area contributed by atoms with Gasteiger partial charge in [0, 0.05) is 14.2 Å². The normalized spacial score (nSPS) is 13.8. The maximum absolute atomic E-state index is 5.72. The summed E-state index contributed by atoms with van der Waals surface area (Å²) in [5.74, 6) is 0. The Hall–Kier alpha value is -0.0262. The lowest BCUT2D eigenvalue weighted by Crippen LogP contribution is -2.74. The molecule has 0 amide bonds. The quantitative estimate of drug-likeness (QED) is 0.462. The molecule has 0 N–H and O–H groups in total. The Morgan fingerprint density at radius 3 is 1.12 bits per heavy atom. The van der Waals surface area contributed by atoms with Crippen LogP contribution in [0.15, 0.2) is 11.4 Å². The minimum absolute atomic E-state index is 1.05. The molecule has 0 aliphatic rings. The van der Waals surface area contributed by atoms with Crippen molar-refractivity contribution in [1.82, 2.24) is 13.7 Å². The van der Waals surface area contributed by atoms with Crippen LogP contribution >= 0.6 is 0 Å². The molecule has 0 rings (SSSR count). The lowest BCUT2D eigenvalue weighted by Gasteiger charge is -2.51. The summed E-state index contributed by atoms with van der Waals surface area (Å²) < 4.78 is 19.5. The van der Waals surface area contributed by atoms with Crippen LogP contribution in [0.1, 0.15) is 41.5 Å². The van der Waals surface area contributed by atoms with E-state index in [1.54, 1.807) is 14.2 Å². The average Bonchev–Trinajstić information content (AvgIpc) is 2.62. The topological polar surface area (TPSA) is 28.2 Å². The molecule has 0 aromatic rings.